The highest BCUT2D eigenvalue weighted by Crippen LogP contribution is 2.20. The minimum atomic E-state index is -0.756. The van der Waals surface area contributed by atoms with Crippen molar-refractivity contribution in [3.05, 3.63) is 96.1 Å². The molecular formula is C27H28N2O4. The Labute approximate surface area is 194 Å². The van der Waals surface area contributed by atoms with Gasteiger partial charge in [0.2, 0.25) is 5.91 Å². The van der Waals surface area contributed by atoms with Gasteiger partial charge in [0.05, 0.1) is 5.56 Å². The summed E-state index contributed by atoms with van der Waals surface area (Å²) >= 11 is 0. The van der Waals surface area contributed by atoms with Crippen LogP contribution in [0.2, 0.25) is 0 Å². The van der Waals surface area contributed by atoms with Crippen LogP contribution in [0.3, 0.4) is 0 Å². The molecule has 33 heavy (non-hydrogen) atoms. The second-order valence-electron chi connectivity index (χ2n) is 7.89. The average molecular weight is 445 g/mol. The number of esters is 2. The standard InChI is InChI=1S/C27H28N2O4/c1-29(19-18-20-8-4-2-5-9-20)24(16-17-25(28)30)27(32)33-26(31)23-14-12-22(13-15-23)21-10-6-3-7-11-21/h2-15,24H,16-19H2,1H3,(H2,28,30)/t24-/m0/s1. The zero-order valence-electron chi connectivity index (χ0n) is 18.6. The zero-order chi connectivity index (χ0) is 23.6. The van der Waals surface area contributed by atoms with Crippen molar-refractivity contribution in [3.63, 3.8) is 0 Å². The van der Waals surface area contributed by atoms with E-state index in [0.717, 1.165) is 16.7 Å². The van der Waals surface area contributed by atoms with Crippen molar-refractivity contribution in [2.24, 2.45) is 5.73 Å². The van der Waals surface area contributed by atoms with Crippen molar-refractivity contribution in [1.82, 2.24) is 4.90 Å². The van der Waals surface area contributed by atoms with Gasteiger partial charge in [-0.25, -0.2) is 9.59 Å². The predicted octanol–water partition coefficient (Wildman–Crippen LogP) is 3.85. The predicted molar refractivity (Wildman–Crippen MR) is 127 cm³/mol. The number of hydrogen-bond donors (Lipinski definition) is 1. The third kappa shape index (κ3) is 7.12. The number of primary amides is 1. The van der Waals surface area contributed by atoms with E-state index < -0.39 is 23.9 Å². The van der Waals surface area contributed by atoms with Gasteiger partial charge in [0, 0.05) is 13.0 Å². The van der Waals surface area contributed by atoms with Gasteiger partial charge in [0.1, 0.15) is 6.04 Å². The molecule has 0 unspecified atom stereocenters. The number of nitrogens with zero attached hydrogens (tertiary/aromatic N) is 1. The molecule has 3 aromatic rings. The van der Waals surface area contributed by atoms with Gasteiger partial charge in [-0.1, -0.05) is 72.8 Å². The second-order valence-corrected chi connectivity index (χ2v) is 7.89. The number of nitrogens with two attached hydrogens (primary N) is 1. The van der Waals surface area contributed by atoms with Gasteiger partial charge in [0.15, 0.2) is 0 Å². The Morgan fingerprint density at radius 3 is 2.03 bits per heavy atom. The minimum absolute atomic E-state index is 0.0232. The van der Waals surface area contributed by atoms with Gasteiger partial charge in [-0.2, -0.15) is 0 Å². The summed E-state index contributed by atoms with van der Waals surface area (Å²) in [5.41, 5.74) is 8.68. The first-order valence-electron chi connectivity index (χ1n) is 10.9. The van der Waals surface area contributed by atoms with E-state index >= 15 is 0 Å². The van der Waals surface area contributed by atoms with E-state index in [2.05, 4.69) is 0 Å². The molecule has 170 valence electrons. The highest BCUT2D eigenvalue weighted by atomic mass is 16.6. The van der Waals surface area contributed by atoms with Crippen LogP contribution in [-0.4, -0.2) is 42.4 Å². The molecule has 0 heterocycles. The van der Waals surface area contributed by atoms with Crippen LogP contribution in [-0.2, 0) is 20.7 Å². The van der Waals surface area contributed by atoms with Gasteiger partial charge in [-0.15, -0.1) is 0 Å². The Bertz CT molecular complexity index is 1070. The fourth-order valence-corrected chi connectivity index (χ4v) is 3.55. The zero-order valence-corrected chi connectivity index (χ0v) is 18.6. The van der Waals surface area contributed by atoms with Crippen LogP contribution < -0.4 is 5.73 Å². The molecule has 0 spiro atoms. The van der Waals surface area contributed by atoms with Gasteiger partial charge in [0.25, 0.3) is 0 Å². The lowest BCUT2D eigenvalue weighted by molar-refractivity contribution is -0.144. The summed E-state index contributed by atoms with van der Waals surface area (Å²) in [6, 6.07) is 25.8. The van der Waals surface area contributed by atoms with Gasteiger partial charge in [-0.05, 0) is 48.7 Å². The number of carbonyl (C=O) groups is 3. The van der Waals surface area contributed by atoms with Crippen LogP contribution in [0.5, 0.6) is 0 Å². The summed E-state index contributed by atoms with van der Waals surface area (Å²) in [7, 11) is 1.77. The number of benzene rings is 3. The van der Waals surface area contributed by atoms with Gasteiger partial charge < -0.3 is 10.5 Å². The number of hydrogen-bond acceptors (Lipinski definition) is 5. The van der Waals surface area contributed by atoms with Gasteiger partial charge in [-0.3, -0.25) is 9.69 Å². The maximum Gasteiger partial charge on any atom is 0.345 e. The maximum atomic E-state index is 12.8. The lowest BCUT2D eigenvalue weighted by atomic mass is 10.0. The van der Waals surface area contributed by atoms with Crippen molar-refractivity contribution in [1.29, 1.82) is 0 Å². The molecule has 0 fully saturated rings. The molecule has 0 aliphatic heterocycles. The van der Waals surface area contributed by atoms with E-state index in [1.54, 1.807) is 24.1 Å². The molecule has 3 aromatic carbocycles. The highest BCUT2D eigenvalue weighted by molar-refractivity contribution is 5.98. The first-order valence-corrected chi connectivity index (χ1v) is 10.9. The average Bonchev–Trinajstić information content (AvgIpc) is 2.84. The largest absolute Gasteiger partial charge is 0.388 e. The van der Waals surface area contributed by atoms with E-state index in [9.17, 15) is 14.4 Å². The molecule has 0 saturated carbocycles. The number of rotatable bonds is 10. The normalized spacial score (nSPS) is 11.7. The van der Waals surface area contributed by atoms with E-state index in [-0.39, 0.29) is 18.4 Å². The van der Waals surface area contributed by atoms with Crippen molar-refractivity contribution < 1.29 is 19.1 Å². The van der Waals surface area contributed by atoms with E-state index in [0.29, 0.717) is 13.0 Å². The molecule has 1 atom stereocenters. The van der Waals surface area contributed by atoms with Crippen molar-refractivity contribution in [3.8, 4) is 11.1 Å². The molecule has 0 saturated heterocycles. The monoisotopic (exact) mass is 444 g/mol. The molecule has 3 rings (SSSR count). The molecule has 0 aromatic heterocycles. The van der Waals surface area contributed by atoms with Crippen LogP contribution in [0, 0.1) is 0 Å². The third-order valence-corrected chi connectivity index (χ3v) is 5.49. The Hall–Kier alpha value is -3.77. The van der Waals surface area contributed by atoms with Crippen LogP contribution >= 0.6 is 0 Å². The number of likely N-dealkylation sites (N-methyl/N-ethyl adjacent to an activating group) is 1. The molecule has 0 aliphatic rings. The van der Waals surface area contributed by atoms with Crippen molar-refractivity contribution >= 4 is 17.8 Å². The van der Waals surface area contributed by atoms with Crippen LogP contribution in [0.1, 0.15) is 28.8 Å². The number of amides is 1. The van der Waals surface area contributed by atoms with Crippen LogP contribution in [0.15, 0.2) is 84.9 Å². The van der Waals surface area contributed by atoms with Gasteiger partial charge >= 0.3 is 11.9 Å². The first kappa shape index (κ1) is 23.9. The van der Waals surface area contributed by atoms with Crippen LogP contribution in [0.4, 0.5) is 0 Å². The smallest absolute Gasteiger partial charge is 0.345 e. The number of carbonyl (C=O) groups excluding carboxylic acids is 3. The molecule has 0 aliphatic carbocycles. The summed E-state index contributed by atoms with van der Waals surface area (Å²) in [5.74, 6) is -1.92. The Morgan fingerprint density at radius 2 is 1.42 bits per heavy atom. The van der Waals surface area contributed by atoms with Crippen molar-refractivity contribution in [2.75, 3.05) is 13.6 Å². The Balaban J connectivity index is 1.64. The maximum absolute atomic E-state index is 12.8. The molecule has 1 amide bonds. The van der Waals surface area contributed by atoms with Crippen molar-refractivity contribution in [2.45, 2.75) is 25.3 Å². The highest BCUT2D eigenvalue weighted by Gasteiger charge is 2.27. The lowest BCUT2D eigenvalue weighted by Crippen LogP contribution is -2.42. The summed E-state index contributed by atoms with van der Waals surface area (Å²) < 4.78 is 5.18. The fraction of sp³-hybridized carbons (Fsp3) is 0.222. The second kappa shape index (κ2) is 11.7. The Morgan fingerprint density at radius 1 is 0.848 bits per heavy atom. The lowest BCUT2D eigenvalue weighted by Gasteiger charge is -2.25. The molecule has 6 nitrogen and oxygen atoms in total. The summed E-state index contributed by atoms with van der Waals surface area (Å²) in [6.45, 7) is 0.558. The summed E-state index contributed by atoms with van der Waals surface area (Å²) in [6.07, 6.45) is 0.918. The van der Waals surface area contributed by atoms with E-state index in [4.69, 9.17) is 10.5 Å². The molecule has 0 radical (unpaired) electrons. The number of ether oxygens (including phenoxy) is 1. The Kier molecular flexibility index (Phi) is 8.49. The molecule has 0 bridgehead atoms. The fourth-order valence-electron chi connectivity index (χ4n) is 3.55. The SMILES string of the molecule is CN(CCc1ccccc1)[C@@H](CCC(N)=O)C(=O)OC(=O)c1ccc(-c2ccccc2)cc1. The topological polar surface area (TPSA) is 89.7 Å². The molecule has 2 N–H and O–H groups in total. The van der Waals surface area contributed by atoms with E-state index in [1.165, 1.54) is 0 Å². The summed E-state index contributed by atoms with van der Waals surface area (Å²) in [4.78, 5) is 38.5. The third-order valence-electron chi connectivity index (χ3n) is 5.49. The van der Waals surface area contributed by atoms with Crippen LogP contribution in [0.25, 0.3) is 11.1 Å². The molecular weight excluding hydrogens is 416 g/mol. The summed E-state index contributed by atoms with van der Waals surface area (Å²) in [5, 5.41) is 0. The van der Waals surface area contributed by atoms with E-state index in [1.807, 2.05) is 72.8 Å². The first-order chi connectivity index (χ1) is 15.9. The molecule has 6 heteroatoms. The quantitative estimate of drug-likeness (QED) is 0.379. The minimum Gasteiger partial charge on any atom is -0.388 e.